The van der Waals surface area contributed by atoms with Crippen molar-refractivity contribution in [3.8, 4) is 0 Å². The Balaban J connectivity index is 1.80. The molecule has 3 aromatic rings. The summed E-state index contributed by atoms with van der Waals surface area (Å²) >= 11 is 0. The summed E-state index contributed by atoms with van der Waals surface area (Å²) in [6, 6.07) is 11.7. The minimum absolute atomic E-state index is 0.178. The quantitative estimate of drug-likeness (QED) is 0.693. The molecule has 0 fully saturated rings. The van der Waals surface area contributed by atoms with E-state index in [0.717, 1.165) is 17.4 Å². The second kappa shape index (κ2) is 4.87. The zero-order valence-electron chi connectivity index (χ0n) is 11.7. The molecule has 1 aromatic carbocycles. The van der Waals surface area contributed by atoms with Gasteiger partial charge in [0.15, 0.2) is 0 Å². The Bertz CT molecular complexity index is 880. The zero-order chi connectivity index (χ0) is 15.1. The molecule has 1 aliphatic heterocycles. The summed E-state index contributed by atoms with van der Waals surface area (Å²) in [6.45, 7) is 0.566. The van der Waals surface area contributed by atoms with Crippen molar-refractivity contribution in [2.24, 2.45) is 0 Å². The molecule has 5 heteroatoms. The van der Waals surface area contributed by atoms with Gasteiger partial charge in [-0.1, -0.05) is 6.07 Å². The fourth-order valence-corrected chi connectivity index (χ4v) is 2.75. The normalized spacial score (nSPS) is 13.4. The predicted octanol–water partition coefficient (Wildman–Crippen LogP) is 2.97. The van der Waals surface area contributed by atoms with Gasteiger partial charge in [0.2, 0.25) is 0 Å². The fourth-order valence-electron chi connectivity index (χ4n) is 2.75. The van der Waals surface area contributed by atoms with E-state index in [0.29, 0.717) is 23.6 Å². The highest BCUT2D eigenvalue weighted by Gasteiger charge is 2.28. The van der Waals surface area contributed by atoms with Gasteiger partial charge in [0.25, 0.3) is 5.91 Å². The molecular formula is C17H12FN3O. The molecule has 0 atom stereocenters. The van der Waals surface area contributed by atoms with Crippen molar-refractivity contribution in [3.63, 3.8) is 0 Å². The predicted molar refractivity (Wildman–Crippen MR) is 81.3 cm³/mol. The van der Waals surface area contributed by atoms with Crippen LogP contribution in [0.2, 0.25) is 0 Å². The van der Waals surface area contributed by atoms with Gasteiger partial charge in [-0.2, -0.15) is 0 Å². The first-order chi connectivity index (χ1) is 10.7. The van der Waals surface area contributed by atoms with Gasteiger partial charge in [0.1, 0.15) is 17.3 Å². The molecule has 0 spiro atoms. The number of halogens is 1. The number of pyridine rings is 2. The Morgan fingerprint density at radius 1 is 1.18 bits per heavy atom. The number of hydrogen-bond acceptors (Lipinski definition) is 3. The van der Waals surface area contributed by atoms with Crippen molar-refractivity contribution in [1.82, 2.24) is 9.97 Å². The second-order valence-electron chi connectivity index (χ2n) is 5.23. The van der Waals surface area contributed by atoms with Crippen LogP contribution < -0.4 is 4.90 Å². The van der Waals surface area contributed by atoms with Crippen LogP contribution in [0.15, 0.2) is 48.7 Å². The number of anilines is 1. The molecule has 2 aromatic heterocycles. The third kappa shape index (κ3) is 2.02. The lowest BCUT2D eigenvalue weighted by Crippen LogP contribution is -2.30. The topological polar surface area (TPSA) is 46.1 Å². The van der Waals surface area contributed by atoms with Gasteiger partial charge in [-0.15, -0.1) is 0 Å². The lowest BCUT2D eigenvalue weighted by atomic mass is 10.1. The van der Waals surface area contributed by atoms with Gasteiger partial charge < -0.3 is 0 Å². The van der Waals surface area contributed by atoms with Crippen LogP contribution >= 0.6 is 0 Å². The molecule has 0 saturated heterocycles. The van der Waals surface area contributed by atoms with Crippen molar-refractivity contribution in [3.05, 3.63) is 65.7 Å². The molecule has 0 radical (unpaired) electrons. The summed E-state index contributed by atoms with van der Waals surface area (Å²) in [6.07, 6.45) is 2.33. The SMILES string of the molecule is O=C(c1ccccn1)N1CCc2cc3ccc(F)cc3nc21. The number of benzene rings is 1. The highest BCUT2D eigenvalue weighted by atomic mass is 19.1. The van der Waals surface area contributed by atoms with Crippen molar-refractivity contribution in [2.75, 3.05) is 11.4 Å². The second-order valence-corrected chi connectivity index (χ2v) is 5.23. The molecular weight excluding hydrogens is 281 g/mol. The summed E-state index contributed by atoms with van der Waals surface area (Å²) in [5, 5.41) is 0.882. The number of fused-ring (bicyclic) bond motifs is 2. The van der Waals surface area contributed by atoms with Crippen LogP contribution in [0.3, 0.4) is 0 Å². The molecule has 3 heterocycles. The number of nitrogens with zero attached hydrogens (tertiary/aromatic N) is 3. The third-order valence-corrected chi connectivity index (χ3v) is 3.83. The number of amides is 1. The van der Waals surface area contributed by atoms with Crippen LogP contribution in [-0.2, 0) is 6.42 Å². The van der Waals surface area contributed by atoms with E-state index in [2.05, 4.69) is 9.97 Å². The Kier molecular flexibility index (Phi) is 2.85. The molecule has 22 heavy (non-hydrogen) atoms. The Morgan fingerprint density at radius 3 is 2.91 bits per heavy atom. The van der Waals surface area contributed by atoms with Gasteiger partial charge >= 0.3 is 0 Å². The Morgan fingerprint density at radius 2 is 2.09 bits per heavy atom. The van der Waals surface area contributed by atoms with Gasteiger partial charge in [-0.3, -0.25) is 14.7 Å². The van der Waals surface area contributed by atoms with Crippen molar-refractivity contribution < 1.29 is 9.18 Å². The van der Waals surface area contributed by atoms with E-state index in [-0.39, 0.29) is 11.7 Å². The van der Waals surface area contributed by atoms with Crippen LogP contribution in [0.25, 0.3) is 10.9 Å². The lowest BCUT2D eigenvalue weighted by molar-refractivity contribution is 0.0984. The summed E-state index contributed by atoms with van der Waals surface area (Å²) in [4.78, 5) is 22.8. The first-order valence-corrected chi connectivity index (χ1v) is 7.04. The number of hydrogen-bond donors (Lipinski definition) is 0. The van der Waals surface area contributed by atoms with E-state index < -0.39 is 0 Å². The monoisotopic (exact) mass is 293 g/mol. The molecule has 1 amide bonds. The molecule has 4 rings (SSSR count). The summed E-state index contributed by atoms with van der Waals surface area (Å²) < 4.78 is 13.4. The maximum absolute atomic E-state index is 13.4. The zero-order valence-corrected chi connectivity index (χ0v) is 11.7. The summed E-state index contributed by atoms with van der Waals surface area (Å²) in [5.41, 5.74) is 1.94. The molecule has 0 saturated carbocycles. The van der Waals surface area contributed by atoms with E-state index in [9.17, 15) is 9.18 Å². The molecule has 108 valence electrons. The minimum atomic E-state index is -0.333. The smallest absolute Gasteiger partial charge is 0.278 e. The van der Waals surface area contributed by atoms with E-state index >= 15 is 0 Å². The van der Waals surface area contributed by atoms with Crippen LogP contribution in [0.1, 0.15) is 16.1 Å². The molecule has 0 aliphatic carbocycles. The van der Waals surface area contributed by atoms with Crippen LogP contribution in [0.4, 0.5) is 10.2 Å². The van der Waals surface area contributed by atoms with Crippen LogP contribution in [0, 0.1) is 5.82 Å². The van der Waals surface area contributed by atoms with Gasteiger partial charge in [-0.25, -0.2) is 9.37 Å². The average molecular weight is 293 g/mol. The first-order valence-electron chi connectivity index (χ1n) is 7.04. The maximum atomic E-state index is 13.4. The molecule has 0 bridgehead atoms. The van der Waals surface area contributed by atoms with E-state index in [4.69, 9.17) is 0 Å². The van der Waals surface area contributed by atoms with Crippen LogP contribution in [-0.4, -0.2) is 22.4 Å². The highest BCUT2D eigenvalue weighted by molar-refractivity contribution is 6.06. The Hall–Kier alpha value is -2.82. The van der Waals surface area contributed by atoms with E-state index in [1.54, 1.807) is 35.4 Å². The largest absolute Gasteiger partial charge is 0.291 e. The van der Waals surface area contributed by atoms with E-state index in [1.807, 2.05) is 6.07 Å². The number of rotatable bonds is 1. The number of carbonyl (C=O) groups is 1. The molecule has 0 N–H and O–H groups in total. The van der Waals surface area contributed by atoms with Crippen molar-refractivity contribution >= 4 is 22.6 Å². The third-order valence-electron chi connectivity index (χ3n) is 3.83. The number of aromatic nitrogens is 2. The van der Waals surface area contributed by atoms with E-state index in [1.165, 1.54) is 12.1 Å². The first kappa shape index (κ1) is 12.9. The van der Waals surface area contributed by atoms with Gasteiger partial charge in [-0.05, 0) is 42.3 Å². The molecule has 4 nitrogen and oxygen atoms in total. The summed E-state index contributed by atoms with van der Waals surface area (Å²) in [5.74, 6) is 0.0944. The van der Waals surface area contributed by atoms with Gasteiger partial charge in [0, 0.05) is 24.2 Å². The van der Waals surface area contributed by atoms with Gasteiger partial charge in [0.05, 0.1) is 5.52 Å². The van der Waals surface area contributed by atoms with Crippen molar-refractivity contribution in [1.29, 1.82) is 0 Å². The fraction of sp³-hybridized carbons (Fsp3) is 0.118. The lowest BCUT2D eigenvalue weighted by Gasteiger charge is -2.16. The van der Waals surface area contributed by atoms with Crippen molar-refractivity contribution in [2.45, 2.75) is 6.42 Å². The maximum Gasteiger partial charge on any atom is 0.278 e. The highest BCUT2D eigenvalue weighted by Crippen LogP contribution is 2.30. The summed E-state index contributed by atoms with van der Waals surface area (Å²) in [7, 11) is 0. The standard InChI is InChI=1S/C17H12FN3O/c18-13-5-4-11-9-12-6-8-21(16(12)20-15(11)10-13)17(22)14-3-1-2-7-19-14/h1-5,7,9-10H,6,8H2. The number of carbonyl (C=O) groups excluding carboxylic acids is 1. The molecule has 0 unspecified atom stereocenters. The van der Waals surface area contributed by atoms with Crippen LogP contribution in [0.5, 0.6) is 0 Å². The molecule has 1 aliphatic rings. The minimum Gasteiger partial charge on any atom is -0.291 e. The average Bonchev–Trinajstić information content (AvgIpc) is 2.95. The Labute approximate surface area is 126 Å².